The lowest BCUT2D eigenvalue weighted by Crippen LogP contribution is -1.94. The van der Waals surface area contributed by atoms with E-state index >= 15 is 0 Å². The van der Waals surface area contributed by atoms with Crippen LogP contribution in [0.5, 0.6) is 5.88 Å². The van der Waals surface area contributed by atoms with Gasteiger partial charge in [0.1, 0.15) is 6.61 Å². The minimum absolute atomic E-state index is 0.491. The molecule has 0 fully saturated rings. The molecular formula is C12H11NO. The van der Waals surface area contributed by atoms with Crippen molar-refractivity contribution in [2.45, 2.75) is 0 Å². The summed E-state index contributed by atoms with van der Waals surface area (Å²) >= 11 is 0. The second-order valence-corrected chi connectivity index (χ2v) is 2.94. The summed E-state index contributed by atoms with van der Waals surface area (Å²) in [7, 11) is 0. The first-order valence-electron chi connectivity index (χ1n) is 4.49. The molecule has 0 saturated heterocycles. The van der Waals surface area contributed by atoms with Crippen LogP contribution in [0.15, 0.2) is 49.1 Å². The van der Waals surface area contributed by atoms with E-state index in [-0.39, 0.29) is 0 Å². The van der Waals surface area contributed by atoms with Crippen molar-refractivity contribution in [1.82, 2.24) is 4.98 Å². The normalized spacial score (nSPS) is 10.0. The molecule has 2 nitrogen and oxygen atoms in total. The molecule has 0 atom stereocenters. The number of pyridine rings is 1. The van der Waals surface area contributed by atoms with Crippen LogP contribution in [0.1, 0.15) is 0 Å². The van der Waals surface area contributed by atoms with Crippen molar-refractivity contribution in [2.75, 3.05) is 6.61 Å². The van der Waals surface area contributed by atoms with E-state index in [0.717, 1.165) is 10.9 Å². The summed E-state index contributed by atoms with van der Waals surface area (Å²) in [6.07, 6.45) is 1.71. The van der Waals surface area contributed by atoms with Crippen LogP contribution in [0.2, 0.25) is 0 Å². The molecule has 1 aromatic carbocycles. The number of benzene rings is 1. The first kappa shape index (κ1) is 8.75. The van der Waals surface area contributed by atoms with E-state index < -0.39 is 0 Å². The molecular weight excluding hydrogens is 174 g/mol. The SMILES string of the molecule is C=CCOc1ccc2ccccc2n1. The maximum absolute atomic E-state index is 5.33. The van der Waals surface area contributed by atoms with Crippen LogP contribution in [-0.2, 0) is 0 Å². The van der Waals surface area contributed by atoms with E-state index in [0.29, 0.717) is 12.5 Å². The van der Waals surface area contributed by atoms with E-state index in [4.69, 9.17) is 4.74 Å². The van der Waals surface area contributed by atoms with Crippen molar-refractivity contribution < 1.29 is 4.74 Å². The topological polar surface area (TPSA) is 22.1 Å². The number of hydrogen-bond donors (Lipinski definition) is 0. The summed E-state index contributed by atoms with van der Waals surface area (Å²) in [5, 5.41) is 1.12. The standard InChI is InChI=1S/C12H11NO/c1-2-9-14-12-8-7-10-5-3-4-6-11(10)13-12/h2-8H,1,9H2. The number of nitrogens with zero attached hydrogens (tertiary/aromatic N) is 1. The number of aromatic nitrogens is 1. The molecule has 0 unspecified atom stereocenters. The predicted molar refractivity (Wildman–Crippen MR) is 57.4 cm³/mol. The van der Waals surface area contributed by atoms with Gasteiger partial charge in [0, 0.05) is 11.5 Å². The predicted octanol–water partition coefficient (Wildman–Crippen LogP) is 2.80. The fourth-order valence-corrected chi connectivity index (χ4v) is 1.27. The second-order valence-electron chi connectivity index (χ2n) is 2.94. The number of ether oxygens (including phenoxy) is 1. The minimum Gasteiger partial charge on any atom is -0.473 e. The van der Waals surface area contributed by atoms with Gasteiger partial charge in [0.25, 0.3) is 0 Å². The summed E-state index contributed by atoms with van der Waals surface area (Å²) < 4.78 is 5.33. The number of para-hydroxylation sites is 1. The van der Waals surface area contributed by atoms with Crippen molar-refractivity contribution in [3.8, 4) is 5.88 Å². The van der Waals surface area contributed by atoms with Crippen molar-refractivity contribution >= 4 is 10.9 Å². The van der Waals surface area contributed by atoms with Gasteiger partial charge >= 0.3 is 0 Å². The Labute approximate surface area is 82.9 Å². The molecule has 0 radical (unpaired) electrons. The van der Waals surface area contributed by atoms with Crippen LogP contribution in [-0.4, -0.2) is 11.6 Å². The lowest BCUT2D eigenvalue weighted by atomic mass is 10.2. The van der Waals surface area contributed by atoms with Crippen LogP contribution in [0.4, 0.5) is 0 Å². The number of fused-ring (bicyclic) bond motifs is 1. The first-order valence-corrected chi connectivity index (χ1v) is 4.49. The van der Waals surface area contributed by atoms with E-state index in [9.17, 15) is 0 Å². The van der Waals surface area contributed by atoms with Crippen molar-refractivity contribution in [1.29, 1.82) is 0 Å². The molecule has 14 heavy (non-hydrogen) atoms. The Balaban J connectivity index is 2.36. The van der Waals surface area contributed by atoms with E-state index in [1.54, 1.807) is 6.08 Å². The smallest absolute Gasteiger partial charge is 0.214 e. The van der Waals surface area contributed by atoms with Gasteiger partial charge in [-0.15, -0.1) is 0 Å². The summed E-state index contributed by atoms with van der Waals surface area (Å²) in [6, 6.07) is 11.8. The Bertz CT molecular complexity index is 451. The van der Waals surface area contributed by atoms with Crippen molar-refractivity contribution in [3.63, 3.8) is 0 Å². The summed E-state index contributed by atoms with van der Waals surface area (Å²) in [6.45, 7) is 4.08. The number of rotatable bonds is 3. The molecule has 2 aromatic rings. The largest absolute Gasteiger partial charge is 0.473 e. The Morgan fingerprint density at radius 3 is 2.93 bits per heavy atom. The van der Waals surface area contributed by atoms with Crippen molar-refractivity contribution in [3.05, 3.63) is 49.1 Å². The Morgan fingerprint density at radius 2 is 2.07 bits per heavy atom. The summed E-state index contributed by atoms with van der Waals surface area (Å²) in [4.78, 5) is 4.34. The highest BCUT2D eigenvalue weighted by molar-refractivity contribution is 5.78. The highest BCUT2D eigenvalue weighted by Crippen LogP contribution is 2.15. The molecule has 70 valence electrons. The van der Waals surface area contributed by atoms with Gasteiger partial charge in [0.15, 0.2) is 0 Å². The molecule has 0 amide bonds. The lowest BCUT2D eigenvalue weighted by molar-refractivity contribution is 0.350. The zero-order chi connectivity index (χ0) is 9.80. The molecule has 0 bridgehead atoms. The van der Waals surface area contributed by atoms with Gasteiger partial charge in [-0.25, -0.2) is 4.98 Å². The molecule has 2 heteroatoms. The number of hydrogen-bond acceptors (Lipinski definition) is 2. The molecule has 0 N–H and O–H groups in total. The van der Waals surface area contributed by atoms with E-state index in [2.05, 4.69) is 11.6 Å². The monoisotopic (exact) mass is 185 g/mol. The highest BCUT2D eigenvalue weighted by atomic mass is 16.5. The maximum atomic E-state index is 5.33. The minimum atomic E-state index is 0.491. The maximum Gasteiger partial charge on any atom is 0.214 e. The van der Waals surface area contributed by atoms with Gasteiger partial charge < -0.3 is 4.74 Å². The fraction of sp³-hybridized carbons (Fsp3) is 0.0833. The fourth-order valence-electron chi connectivity index (χ4n) is 1.27. The Kier molecular flexibility index (Phi) is 2.45. The third kappa shape index (κ3) is 1.74. The highest BCUT2D eigenvalue weighted by Gasteiger charge is 1.96. The molecule has 0 spiro atoms. The van der Waals surface area contributed by atoms with Crippen LogP contribution < -0.4 is 4.74 Å². The van der Waals surface area contributed by atoms with Crippen molar-refractivity contribution in [2.24, 2.45) is 0 Å². The molecule has 1 aromatic heterocycles. The third-order valence-electron chi connectivity index (χ3n) is 1.92. The van der Waals surface area contributed by atoms with Gasteiger partial charge in [0.05, 0.1) is 5.52 Å². The average Bonchev–Trinajstić information content (AvgIpc) is 2.26. The van der Waals surface area contributed by atoms with Crippen LogP contribution in [0, 0.1) is 0 Å². The Morgan fingerprint density at radius 1 is 1.21 bits per heavy atom. The van der Waals surface area contributed by atoms with Gasteiger partial charge in [-0.1, -0.05) is 30.9 Å². The third-order valence-corrected chi connectivity index (χ3v) is 1.92. The summed E-state index contributed by atoms with van der Waals surface area (Å²) in [5.74, 6) is 0.642. The lowest BCUT2D eigenvalue weighted by Gasteiger charge is -2.02. The molecule has 0 aliphatic carbocycles. The van der Waals surface area contributed by atoms with Gasteiger partial charge in [-0.2, -0.15) is 0 Å². The van der Waals surface area contributed by atoms with Crippen LogP contribution >= 0.6 is 0 Å². The quantitative estimate of drug-likeness (QED) is 0.686. The van der Waals surface area contributed by atoms with Gasteiger partial charge in [-0.3, -0.25) is 0 Å². The van der Waals surface area contributed by atoms with Gasteiger partial charge in [-0.05, 0) is 12.1 Å². The molecule has 0 saturated carbocycles. The Hall–Kier alpha value is -1.83. The van der Waals surface area contributed by atoms with E-state index in [1.807, 2.05) is 36.4 Å². The molecule has 0 aliphatic rings. The summed E-state index contributed by atoms with van der Waals surface area (Å²) in [5.41, 5.74) is 0.953. The van der Waals surface area contributed by atoms with E-state index in [1.165, 1.54) is 0 Å². The first-order chi connectivity index (χ1) is 6.90. The molecule has 0 aliphatic heterocycles. The molecule has 2 rings (SSSR count). The zero-order valence-corrected chi connectivity index (χ0v) is 7.81. The van der Waals surface area contributed by atoms with Crippen LogP contribution in [0.25, 0.3) is 10.9 Å². The van der Waals surface area contributed by atoms with Gasteiger partial charge in [0.2, 0.25) is 5.88 Å². The second kappa shape index (κ2) is 3.92. The zero-order valence-electron chi connectivity index (χ0n) is 7.81. The van der Waals surface area contributed by atoms with Crippen LogP contribution in [0.3, 0.4) is 0 Å². The average molecular weight is 185 g/mol. The molecule has 1 heterocycles.